The first kappa shape index (κ1) is 20.4. The van der Waals surface area contributed by atoms with Crippen LogP contribution in [0.1, 0.15) is 38.3 Å². The Bertz CT molecular complexity index is 404. The van der Waals surface area contributed by atoms with Crippen molar-refractivity contribution >= 4 is 20.7 Å². The van der Waals surface area contributed by atoms with Gasteiger partial charge in [0.05, 0.1) is 12.1 Å². The molecule has 0 unspecified atom stereocenters. The van der Waals surface area contributed by atoms with E-state index in [4.69, 9.17) is 10.2 Å². The van der Waals surface area contributed by atoms with Crippen LogP contribution in [0.3, 0.4) is 0 Å². The van der Waals surface area contributed by atoms with E-state index in [1.165, 1.54) is 0 Å². The molecule has 0 aliphatic heterocycles. The summed E-state index contributed by atoms with van der Waals surface area (Å²) in [5.41, 5.74) is 7.08. The summed E-state index contributed by atoms with van der Waals surface area (Å²) in [6, 6.07) is 7.48. The van der Waals surface area contributed by atoms with Crippen molar-refractivity contribution in [3.8, 4) is 5.75 Å². The quantitative estimate of drug-likeness (QED) is 0.739. The van der Waals surface area contributed by atoms with E-state index in [9.17, 15) is 5.11 Å². The van der Waals surface area contributed by atoms with Gasteiger partial charge in [0.1, 0.15) is 5.75 Å². The molecule has 0 aromatic heterocycles. The zero-order chi connectivity index (χ0) is 15.3. The highest BCUT2D eigenvalue weighted by molar-refractivity contribution is 6.70. The second-order valence-electron chi connectivity index (χ2n) is 6.85. The van der Waals surface area contributed by atoms with E-state index in [0.29, 0.717) is 5.92 Å². The predicted octanol–water partition coefficient (Wildman–Crippen LogP) is 4.12. The summed E-state index contributed by atoms with van der Waals surface area (Å²) in [4.78, 5) is 0. The van der Waals surface area contributed by atoms with Crippen LogP contribution in [0.2, 0.25) is 19.6 Å². The number of aliphatic hydroxyl groups excluding tert-OH is 1. The maximum absolute atomic E-state index is 10.1. The normalized spacial score (nSPS) is 14.5. The number of aliphatic hydroxyl groups is 1. The summed E-state index contributed by atoms with van der Waals surface area (Å²) in [6.07, 6.45) is 1.25. The fraction of sp³-hybridized carbons (Fsp3) is 0.625. The maximum atomic E-state index is 10.1. The molecule has 0 spiro atoms. The topological polar surface area (TPSA) is 55.5 Å². The van der Waals surface area contributed by atoms with E-state index in [0.717, 1.165) is 24.2 Å². The highest BCUT2D eigenvalue weighted by Crippen LogP contribution is 2.23. The Morgan fingerprint density at radius 1 is 1.10 bits per heavy atom. The van der Waals surface area contributed by atoms with E-state index in [-0.39, 0.29) is 18.4 Å². The number of hydrogen-bond acceptors (Lipinski definition) is 3. The molecule has 0 fully saturated rings. The van der Waals surface area contributed by atoms with Gasteiger partial charge in [-0.15, -0.1) is 12.4 Å². The lowest BCUT2D eigenvalue weighted by Crippen LogP contribution is -2.29. The average molecular weight is 332 g/mol. The predicted molar refractivity (Wildman–Crippen MR) is 94.7 cm³/mol. The third-order valence-corrected chi connectivity index (χ3v) is 3.99. The SMILES string of the molecule is CC(C)CC[C@@H](O)[C@@H](N)c1ccc(O[Si](C)(C)C)cc1.Cl. The van der Waals surface area contributed by atoms with E-state index < -0.39 is 14.4 Å². The van der Waals surface area contributed by atoms with Gasteiger partial charge in [0.25, 0.3) is 0 Å². The number of rotatable bonds is 7. The highest BCUT2D eigenvalue weighted by Gasteiger charge is 2.19. The summed E-state index contributed by atoms with van der Waals surface area (Å²) in [5, 5.41) is 10.1. The summed E-state index contributed by atoms with van der Waals surface area (Å²) in [6.45, 7) is 10.8. The van der Waals surface area contributed by atoms with Gasteiger partial charge < -0.3 is 15.3 Å². The van der Waals surface area contributed by atoms with Crippen molar-refractivity contribution in [2.45, 2.75) is 58.5 Å². The molecule has 0 amide bonds. The monoisotopic (exact) mass is 331 g/mol. The summed E-state index contributed by atoms with van der Waals surface area (Å²) < 4.78 is 5.91. The molecule has 5 heteroatoms. The first-order valence-corrected chi connectivity index (χ1v) is 10.8. The Kier molecular flexibility index (Phi) is 8.55. The molecule has 21 heavy (non-hydrogen) atoms. The van der Waals surface area contributed by atoms with Crippen LogP contribution >= 0.6 is 12.4 Å². The molecule has 0 saturated carbocycles. The van der Waals surface area contributed by atoms with Crippen molar-refractivity contribution in [2.24, 2.45) is 11.7 Å². The van der Waals surface area contributed by atoms with Gasteiger partial charge in [-0.05, 0) is 56.1 Å². The zero-order valence-electron chi connectivity index (χ0n) is 13.8. The van der Waals surface area contributed by atoms with E-state index in [1.54, 1.807) is 0 Å². The number of hydrogen-bond donors (Lipinski definition) is 2. The fourth-order valence-corrected chi connectivity index (χ4v) is 2.86. The standard InChI is InChI=1S/C16H29NO2Si.ClH/c1-12(2)6-11-15(18)16(17)13-7-9-14(10-8-13)19-20(3,4)5;/h7-10,12,15-16,18H,6,11,17H2,1-5H3;1H/t15-,16+;/m1./s1. The van der Waals surface area contributed by atoms with Gasteiger partial charge in [0.15, 0.2) is 0 Å². The lowest BCUT2D eigenvalue weighted by Gasteiger charge is -2.22. The Morgan fingerprint density at radius 2 is 1.62 bits per heavy atom. The zero-order valence-corrected chi connectivity index (χ0v) is 15.6. The number of benzene rings is 1. The van der Waals surface area contributed by atoms with Gasteiger partial charge in [0, 0.05) is 0 Å². The lowest BCUT2D eigenvalue weighted by molar-refractivity contribution is 0.128. The van der Waals surface area contributed by atoms with E-state index in [1.807, 2.05) is 24.3 Å². The first-order valence-electron chi connectivity index (χ1n) is 7.41. The molecule has 1 aromatic carbocycles. The molecule has 2 atom stereocenters. The van der Waals surface area contributed by atoms with E-state index >= 15 is 0 Å². The minimum Gasteiger partial charge on any atom is -0.544 e. The summed E-state index contributed by atoms with van der Waals surface area (Å²) in [7, 11) is -1.57. The molecule has 1 aromatic rings. The van der Waals surface area contributed by atoms with Crippen molar-refractivity contribution in [1.82, 2.24) is 0 Å². The molecule has 3 N–H and O–H groups in total. The Hall–Kier alpha value is -0.553. The minimum atomic E-state index is -1.57. The molecule has 122 valence electrons. The van der Waals surface area contributed by atoms with E-state index in [2.05, 4.69) is 33.5 Å². The van der Waals surface area contributed by atoms with Crippen molar-refractivity contribution in [3.05, 3.63) is 29.8 Å². The van der Waals surface area contributed by atoms with Crippen LogP contribution in [0.4, 0.5) is 0 Å². The average Bonchev–Trinajstić information content (AvgIpc) is 2.34. The third kappa shape index (κ3) is 7.86. The fourth-order valence-electron chi connectivity index (χ4n) is 2.02. The van der Waals surface area contributed by atoms with Crippen LogP contribution in [0.15, 0.2) is 24.3 Å². The third-order valence-electron chi connectivity index (χ3n) is 3.14. The lowest BCUT2D eigenvalue weighted by atomic mass is 9.96. The van der Waals surface area contributed by atoms with Gasteiger partial charge in [-0.25, -0.2) is 0 Å². The second-order valence-corrected chi connectivity index (χ2v) is 11.3. The summed E-state index contributed by atoms with van der Waals surface area (Å²) in [5.74, 6) is 1.47. The van der Waals surface area contributed by atoms with Crippen LogP contribution < -0.4 is 10.2 Å². The Labute approximate surface area is 136 Å². The molecule has 1 rings (SSSR count). The Balaban J connectivity index is 0.00000400. The van der Waals surface area contributed by atoms with Crippen LogP contribution in [0, 0.1) is 5.92 Å². The van der Waals surface area contributed by atoms with Crippen molar-refractivity contribution in [3.63, 3.8) is 0 Å². The Morgan fingerprint density at radius 3 is 2.05 bits per heavy atom. The van der Waals surface area contributed by atoms with Crippen LogP contribution in [-0.2, 0) is 0 Å². The maximum Gasteiger partial charge on any atom is 0.242 e. The van der Waals surface area contributed by atoms with Crippen LogP contribution in [-0.4, -0.2) is 19.5 Å². The molecule has 0 bridgehead atoms. The van der Waals surface area contributed by atoms with Gasteiger partial charge in [-0.3, -0.25) is 0 Å². The molecule has 0 aliphatic rings. The van der Waals surface area contributed by atoms with Crippen LogP contribution in [0.25, 0.3) is 0 Å². The van der Waals surface area contributed by atoms with Gasteiger partial charge >= 0.3 is 0 Å². The van der Waals surface area contributed by atoms with Gasteiger partial charge in [-0.1, -0.05) is 26.0 Å². The van der Waals surface area contributed by atoms with Crippen molar-refractivity contribution < 1.29 is 9.53 Å². The number of nitrogens with two attached hydrogens (primary N) is 1. The van der Waals surface area contributed by atoms with Crippen molar-refractivity contribution in [2.75, 3.05) is 0 Å². The molecule has 0 saturated heterocycles. The minimum absolute atomic E-state index is 0. The molecular weight excluding hydrogens is 302 g/mol. The summed E-state index contributed by atoms with van der Waals surface area (Å²) >= 11 is 0. The first-order chi connectivity index (χ1) is 9.19. The largest absolute Gasteiger partial charge is 0.544 e. The van der Waals surface area contributed by atoms with Crippen LogP contribution in [0.5, 0.6) is 5.75 Å². The van der Waals surface area contributed by atoms with Gasteiger partial charge in [-0.2, -0.15) is 0 Å². The van der Waals surface area contributed by atoms with Crippen molar-refractivity contribution in [1.29, 1.82) is 0 Å². The highest BCUT2D eigenvalue weighted by atomic mass is 35.5. The molecule has 0 aliphatic carbocycles. The smallest absolute Gasteiger partial charge is 0.242 e. The molecule has 0 heterocycles. The second kappa shape index (κ2) is 8.78. The van der Waals surface area contributed by atoms with Gasteiger partial charge in [0.2, 0.25) is 8.32 Å². The molecule has 3 nitrogen and oxygen atoms in total. The molecule has 0 radical (unpaired) electrons. The molecular formula is C16H30ClNO2Si. The number of halogens is 1.